The maximum Gasteiger partial charge on any atom is 0.261 e. The largest absolute Gasteiger partial charge is 0.490 e. The zero-order valence-corrected chi connectivity index (χ0v) is 18.0. The minimum atomic E-state index is -1.18. The van der Waals surface area contributed by atoms with Crippen molar-refractivity contribution in [3.8, 4) is 16.9 Å². The molecule has 2 atom stereocenters. The zero-order chi connectivity index (χ0) is 22.5. The molecule has 1 spiro atoms. The van der Waals surface area contributed by atoms with E-state index in [1.807, 2.05) is 24.3 Å². The summed E-state index contributed by atoms with van der Waals surface area (Å²) in [6.45, 7) is 0. The molecule has 2 N–H and O–H groups in total. The van der Waals surface area contributed by atoms with Gasteiger partial charge in [-0.3, -0.25) is 14.7 Å². The second-order valence-electron chi connectivity index (χ2n) is 8.07. The van der Waals surface area contributed by atoms with Crippen LogP contribution < -0.4 is 10.5 Å². The van der Waals surface area contributed by atoms with Crippen molar-refractivity contribution in [3.05, 3.63) is 82.9 Å². The average Bonchev–Trinajstić information content (AvgIpc) is 2.99. The normalized spacial score (nSPS) is 22.0. The standard InChI is InChI=1S/C24H20ClFN4O2/c1-30-22(31)24(29-23(30)27)11-19(8-14-2-5-18(26)6-3-14)32-21-7-4-15(10-20(21)24)16-9-17(25)13-28-12-16/h2-7,9-10,12-13,19H,8,11H2,1H3,(H2,27,29)/t19-,24?/m1/s1. The number of nitrogens with two attached hydrogens (primary N) is 1. The van der Waals surface area contributed by atoms with Crippen molar-refractivity contribution in [3.63, 3.8) is 0 Å². The number of aromatic nitrogens is 1. The first kappa shape index (κ1) is 20.5. The summed E-state index contributed by atoms with van der Waals surface area (Å²) in [5.74, 6) is 0.235. The fraction of sp³-hybridized carbons (Fsp3) is 0.208. The second-order valence-corrected chi connectivity index (χ2v) is 8.51. The van der Waals surface area contributed by atoms with Gasteiger partial charge in [-0.15, -0.1) is 0 Å². The number of halogens is 2. The lowest BCUT2D eigenvalue weighted by atomic mass is 9.79. The third kappa shape index (κ3) is 3.39. The van der Waals surface area contributed by atoms with Gasteiger partial charge in [0.1, 0.15) is 17.7 Å². The molecular weight excluding hydrogens is 431 g/mol. The van der Waals surface area contributed by atoms with Gasteiger partial charge < -0.3 is 10.5 Å². The quantitative estimate of drug-likeness (QED) is 0.655. The molecule has 32 heavy (non-hydrogen) atoms. The average molecular weight is 451 g/mol. The molecule has 8 heteroatoms. The SMILES string of the molecule is CN1C(=O)C2(C[C@@H](Cc3ccc(F)cc3)Oc3ccc(-c4cncc(Cl)c4)cc32)N=C1N. The fourth-order valence-electron chi connectivity index (χ4n) is 4.37. The Bertz CT molecular complexity index is 1250. The van der Waals surface area contributed by atoms with Gasteiger partial charge in [0, 0.05) is 43.4 Å². The number of guanidine groups is 1. The number of carbonyl (C=O) groups excluding carboxylic acids is 1. The Labute approximate surface area is 189 Å². The van der Waals surface area contributed by atoms with Crippen molar-refractivity contribution in [1.29, 1.82) is 0 Å². The molecule has 0 bridgehead atoms. The Kier molecular flexibility index (Phi) is 4.86. The Morgan fingerprint density at radius 3 is 2.66 bits per heavy atom. The van der Waals surface area contributed by atoms with Crippen molar-refractivity contribution in [2.75, 3.05) is 7.05 Å². The number of hydrogen-bond donors (Lipinski definition) is 1. The van der Waals surface area contributed by atoms with E-state index >= 15 is 0 Å². The molecule has 3 aromatic rings. The summed E-state index contributed by atoms with van der Waals surface area (Å²) >= 11 is 6.12. The molecule has 1 unspecified atom stereocenters. The maximum atomic E-state index is 13.4. The molecule has 2 aromatic carbocycles. The van der Waals surface area contributed by atoms with Crippen LogP contribution in [0, 0.1) is 5.82 Å². The summed E-state index contributed by atoms with van der Waals surface area (Å²) in [6, 6.07) is 13.7. The highest BCUT2D eigenvalue weighted by Gasteiger charge is 2.53. The van der Waals surface area contributed by atoms with Crippen molar-refractivity contribution in [1.82, 2.24) is 9.88 Å². The predicted molar refractivity (Wildman–Crippen MR) is 120 cm³/mol. The molecule has 5 rings (SSSR count). The minimum Gasteiger partial charge on any atom is -0.490 e. The molecule has 1 aromatic heterocycles. The van der Waals surface area contributed by atoms with Crippen LogP contribution in [0.5, 0.6) is 5.75 Å². The molecular formula is C24H20ClFN4O2. The van der Waals surface area contributed by atoms with Crippen LogP contribution in [-0.2, 0) is 16.8 Å². The van der Waals surface area contributed by atoms with E-state index in [1.54, 1.807) is 31.6 Å². The lowest BCUT2D eigenvalue weighted by molar-refractivity contribution is -0.132. The summed E-state index contributed by atoms with van der Waals surface area (Å²) in [7, 11) is 1.62. The molecule has 2 aliphatic heterocycles. The minimum absolute atomic E-state index is 0.165. The molecule has 0 fully saturated rings. The first-order valence-corrected chi connectivity index (χ1v) is 10.5. The van der Waals surface area contributed by atoms with Crippen molar-refractivity contribution in [2.45, 2.75) is 24.5 Å². The number of benzene rings is 2. The Hall–Kier alpha value is -3.45. The number of likely N-dealkylation sites (N-methyl/N-ethyl adjacent to an activating group) is 1. The first-order chi connectivity index (χ1) is 15.4. The van der Waals surface area contributed by atoms with Crippen LogP contribution in [0.4, 0.5) is 4.39 Å². The van der Waals surface area contributed by atoms with E-state index in [0.29, 0.717) is 29.2 Å². The van der Waals surface area contributed by atoms with Gasteiger partial charge in [-0.1, -0.05) is 29.8 Å². The van der Waals surface area contributed by atoms with Gasteiger partial charge in [-0.2, -0.15) is 0 Å². The highest BCUT2D eigenvalue weighted by atomic mass is 35.5. The zero-order valence-electron chi connectivity index (χ0n) is 17.3. The lowest BCUT2D eigenvalue weighted by Gasteiger charge is -2.37. The monoisotopic (exact) mass is 450 g/mol. The van der Waals surface area contributed by atoms with E-state index in [1.165, 1.54) is 17.0 Å². The number of aliphatic imine (C=N–C) groups is 1. The van der Waals surface area contributed by atoms with E-state index in [2.05, 4.69) is 9.98 Å². The van der Waals surface area contributed by atoms with Gasteiger partial charge in [0.2, 0.25) is 0 Å². The molecule has 0 aliphatic carbocycles. The number of amides is 1. The number of ether oxygens (including phenoxy) is 1. The summed E-state index contributed by atoms with van der Waals surface area (Å²) in [6.07, 6.45) is 3.77. The van der Waals surface area contributed by atoms with Gasteiger partial charge in [0.15, 0.2) is 11.5 Å². The van der Waals surface area contributed by atoms with Gasteiger partial charge in [0.25, 0.3) is 5.91 Å². The van der Waals surface area contributed by atoms with E-state index < -0.39 is 5.54 Å². The summed E-state index contributed by atoms with van der Waals surface area (Å²) in [4.78, 5) is 23.5. The summed E-state index contributed by atoms with van der Waals surface area (Å²) in [5, 5.41) is 0.518. The number of hydrogen-bond acceptors (Lipinski definition) is 5. The van der Waals surface area contributed by atoms with E-state index in [9.17, 15) is 9.18 Å². The fourth-order valence-corrected chi connectivity index (χ4v) is 4.55. The van der Waals surface area contributed by atoms with Crippen LogP contribution in [0.1, 0.15) is 17.5 Å². The van der Waals surface area contributed by atoms with Crippen LogP contribution in [0.2, 0.25) is 5.02 Å². The first-order valence-electron chi connectivity index (χ1n) is 10.2. The predicted octanol–water partition coefficient (Wildman–Crippen LogP) is 3.92. The molecule has 3 heterocycles. The molecule has 2 aliphatic rings. The van der Waals surface area contributed by atoms with E-state index in [-0.39, 0.29) is 23.8 Å². The van der Waals surface area contributed by atoms with Gasteiger partial charge in [0.05, 0.1) is 5.02 Å². The third-order valence-corrected chi connectivity index (χ3v) is 6.17. The highest BCUT2D eigenvalue weighted by molar-refractivity contribution is 6.30. The third-order valence-electron chi connectivity index (χ3n) is 5.96. The maximum absolute atomic E-state index is 13.4. The molecule has 0 saturated carbocycles. The van der Waals surface area contributed by atoms with Gasteiger partial charge >= 0.3 is 0 Å². The van der Waals surface area contributed by atoms with Crippen LogP contribution >= 0.6 is 11.6 Å². The van der Waals surface area contributed by atoms with E-state index in [0.717, 1.165) is 16.7 Å². The lowest BCUT2D eigenvalue weighted by Crippen LogP contribution is -2.46. The van der Waals surface area contributed by atoms with E-state index in [4.69, 9.17) is 22.1 Å². The number of nitrogens with zero attached hydrogens (tertiary/aromatic N) is 3. The number of rotatable bonds is 3. The number of carbonyl (C=O) groups is 1. The summed E-state index contributed by atoms with van der Waals surface area (Å²) in [5.41, 5.74) is 8.11. The molecule has 6 nitrogen and oxygen atoms in total. The van der Waals surface area contributed by atoms with Crippen LogP contribution in [0.3, 0.4) is 0 Å². The van der Waals surface area contributed by atoms with Crippen LogP contribution in [-0.4, -0.2) is 34.9 Å². The summed E-state index contributed by atoms with van der Waals surface area (Å²) < 4.78 is 19.6. The second kappa shape index (κ2) is 7.60. The number of pyridine rings is 1. The smallest absolute Gasteiger partial charge is 0.261 e. The van der Waals surface area contributed by atoms with Crippen molar-refractivity contribution in [2.24, 2.45) is 10.7 Å². The van der Waals surface area contributed by atoms with Crippen molar-refractivity contribution >= 4 is 23.5 Å². The topological polar surface area (TPSA) is 80.8 Å². The molecule has 0 saturated heterocycles. The highest BCUT2D eigenvalue weighted by Crippen LogP contribution is 2.47. The van der Waals surface area contributed by atoms with Crippen molar-refractivity contribution < 1.29 is 13.9 Å². The number of fused-ring (bicyclic) bond motifs is 2. The van der Waals surface area contributed by atoms with Crippen LogP contribution in [0.15, 0.2) is 65.9 Å². The molecule has 162 valence electrons. The van der Waals surface area contributed by atoms with Gasteiger partial charge in [-0.05, 0) is 41.5 Å². The Morgan fingerprint density at radius 1 is 1.19 bits per heavy atom. The Morgan fingerprint density at radius 2 is 1.97 bits per heavy atom. The van der Waals surface area contributed by atoms with Gasteiger partial charge in [-0.25, -0.2) is 9.38 Å². The van der Waals surface area contributed by atoms with Crippen LogP contribution in [0.25, 0.3) is 11.1 Å². The molecule has 0 radical (unpaired) electrons. The Balaban J connectivity index is 1.59. The molecule has 1 amide bonds.